The smallest absolute Gasteiger partial charge is 0.209 e. The number of rotatable bonds is 9. The summed E-state index contributed by atoms with van der Waals surface area (Å²) in [6.45, 7) is 2.66. The van der Waals surface area contributed by atoms with Crippen LogP contribution in [0.5, 0.6) is 5.75 Å². The highest BCUT2D eigenvalue weighted by Crippen LogP contribution is 2.26. The molecule has 32 heavy (non-hydrogen) atoms. The number of nitrogens with zero attached hydrogens (tertiary/aromatic N) is 2. The average molecular weight is 431 g/mol. The normalized spacial score (nSPS) is 12.2. The summed E-state index contributed by atoms with van der Waals surface area (Å²) >= 11 is 0. The summed E-state index contributed by atoms with van der Waals surface area (Å²) < 4.78 is 5.35. The first-order chi connectivity index (χ1) is 15.7. The molecule has 0 amide bonds. The molecule has 0 radical (unpaired) electrons. The number of hydrazone groups is 1. The highest BCUT2D eigenvalue weighted by atomic mass is 16.5. The minimum Gasteiger partial charge on any atom is -0.497 e. The molecule has 2 aromatic carbocycles. The first-order valence-corrected chi connectivity index (χ1v) is 10.9. The van der Waals surface area contributed by atoms with Gasteiger partial charge < -0.3 is 20.4 Å². The summed E-state index contributed by atoms with van der Waals surface area (Å²) in [6.07, 6.45) is 7.64. The SMILES string of the molecule is COc1ccc2[nH]c(C)c(CCN=C(N)NN=CCCCc3c[nH]c4ccccc34)c2c1. The molecule has 0 saturated carbocycles. The van der Waals surface area contributed by atoms with Gasteiger partial charge in [0.25, 0.3) is 0 Å². The Bertz CT molecular complexity index is 1250. The predicted molar refractivity (Wildman–Crippen MR) is 133 cm³/mol. The molecule has 4 rings (SSSR count). The monoisotopic (exact) mass is 430 g/mol. The van der Waals surface area contributed by atoms with Crippen molar-refractivity contribution in [2.24, 2.45) is 15.8 Å². The van der Waals surface area contributed by atoms with Crippen molar-refractivity contribution in [3.05, 3.63) is 65.5 Å². The molecule has 0 aliphatic carbocycles. The number of nitrogens with two attached hydrogens (primary N) is 1. The minimum atomic E-state index is 0.327. The third kappa shape index (κ3) is 4.94. The number of unbranched alkanes of at least 4 members (excludes halogenated alkanes) is 1. The number of H-pyrrole nitrogens is 2. The van der Waals surface area contributed by atoms with Crippen LogP contribution in [0.3, 0.4) is 0 Å². The van der Waals surface area contributed by atoms with Gasteiger partial charge in [-0.2, -0.15) is 5.10 Å². The Kier molecular flexibility index (Phi) is 6.75. The number of ether oxygens (including phenoxy) is 1. The van der Waals surface area contributed by atoms with Crippen molar-refractivity contribution in [2.45, 2.75) is 32.6 Å². The Hall–Kier alpha value is -3.74. The maximum absolute atomic E-state index is 5.96. The number of benzene rings is 2. The lowest BCUT2D eigenvalue weighted by Gasteiger charge is -2.03. The predicted octanol–water partition coefficient (Wildman–Crippen LogP) is 4.42. The van der Waals surface area contributed by atoms with E-state index in [1.807, 2.05) is 24.4 Å². The number of methoxy groups -OCH3 is 1. The van der Waals surface area contributed by atoms with Crippen LogP contribution in [0.4, 0.5) is 0 Å². The van der Waals surface area contributed by atoms with E-state index in [2.05, 4.69) is 62.9 Å². The van der Waals surface area contributed by atoms with E-state index < -0.39 is 0 Å². The van der Waals surface area contributed by atoms with Gasteiger partial charge in [-0.25, -0.2) is 5.43 Å². The number of aromatic nitrogens is 2. The molecule has 0 atom stereocenters. The highest BCUT2D eigenvalue weighted by molar-refractivity contribution is 5.86. The van der Waals surface area contributed by atoms with E-state index in [1.54, 1.807) is 7.11 Å². The van der Waals surface area contributed by atoms with Crippen molar-refractivity contribution >= 4 is 34.0 Å². The largest absolute Gasteiger partial charge is 0.497 e. The summed E-state index contributed by atoms with van der Waals surface area (Å²) in [5.41, 5.74) is 14.8. The van der Waals surface area contributed by atoms with Crippen LogP contribution in [0.1, 0.15) is 29.7 Å². The molecule has 5 N–H and O–H groups in total. The summed E-state index contributed by atoms with van der Waals surface area (Å²) in [6, 6.07) is 14.4. The average Bonchev–Trinajstić information content (AvgIpc) is 3.36. The standard InChI is InChI=1S/C25H30N6O/c1-17-20(22-15-19(32-2)10-11-24(22)30-17)12-14-27-25(26)31-29-13-6-5-7-18-16-28-23-9-4-3-8-21(18)23/h3-4,8-11,13,15-16,28,30H,5-7,12,14H2,1-2H3,(H3,26,27,31). The molecule has 0 aliphatic rings. The molecule has 0 fully saturated rings. The lowest BCUT2D eigenvalue weighted by atomic mass is 10.1. The number of aliphatic imine (C=N–C) groups is 1. The van der Waals surface area contributed by atoms with E-state index in [0.29, 0.717) is 12.5 Å². The van der Waals surface area contributed by atoms with Crippen molar-refractivity contribution < 1.29 is 4.74 Å². The Balaban J connectivity index is 1.23. The van der Waals surface area contributed by atoms with E-state index in [0.717, 1.165) is 48.0 Å². The molecule has 0 spiro atoms. The van der Waals surface area contributed by atoms with Gasteiger partial charge in [-0.1, -0.05) is 18.2 Å². The Morgan fingerprint density at radius 2 is 2.00 bits per heavy atom. The quantitative estimate of drug-likeness (QED) is 0.137. The van der Waals surface area contributed by atoms with E-state index >= 15 is 0 Å². The number of hydrogen-bond donors (Lipinski definition) is 4. The molecule has 0 unspecified atom stereocenters. The van der Waals surface area contributed by atoms with E-state index in [4.69, 9.17) is 10.5 Å². The van der Waals surface area contributed by atoms with Gasteiger partial charge in [0.15, 0.2) is 0 Å². The molecule has 7 nitrogen and oxygen atoms in total. The second kappa shape index (κ2) is 10.0. The molecule has 0 bridgehead atoms. The van der Waals surface area contributed by atoms with E-state index in [-0.39, 0.29) is 0 Å². The zero-order valence-electron chi connectivity index (χ0n) is 18.6. The zero-order chi connectivity index (χ0) is 22.3. The molecule has 2 heterocycles. The molecule has 2 aromatic heterocycles. The molecular formula is C25H30N6O. The number of guanidine groups is 1. The van der Waals surface area contributed by atoms with Crippen LogP contribution in [0.2, 0.25) is 0 Å². The fraction of sp³-hybridized carbons (Fsp3) is 0.280. The van der Waals surface area contributed by atoms with Crippen molar-refractivity contribution in [2.75, 3.05) is 13.7 Å². The van der Waals surface area contributed by atoms with Crippen LogP contribution in [-0.2, 0) is 12.8 Å². The third-order valence-corrected chi connectivity index (χ3v) is 5.70. The van der Waals surface area contributed by atoms with Crippen molar-refractivity contribution in [1.29, 1.82) is 0 Å². The summed E-state index contributed by atoms with van der Waals surface area (Å²) in [4.78, 5) is 11.1. The van der Waals surface area contributed by atoms with Gasteiger partial charge in [-0.3, -0.25) is 4.99 Å². The second-order valence-corrected chi connectivity index (χ2v) is 7.83. The maximum Gasteiger partial charge on any atom is 0.209 e. The molecular weight excluding hydrogens is 400 g/mol. The number of aryl methyl sites for hydroxylation is 2. The Morgan fingerprint density at radius 1 is 1.12 bits per heavy atom. The first kappa shape index (κ1) is 21.5. The number of para-hydroxylation sites is 1. The van der Waals surface area contributed by atoms with Crippen molar-refractivity contribution in [1.82, 2.24) is 15.4 Å². The highest BCUT2D eigenvalue weighted by Gasteiger charge is 2.09. The van der Waals surface area contributed by atoms with E-state index in [1.165, 1.54) is 22.0 Å². The molecule has 166 valence electrons. The van der Waals surface area contributed by atoms with Crippen LogP contribution >= 0.6 is 0 Å². The van der Waals surface area contributed by atoms with Gasteiger partial charge >= 0.3 is 0 Å². The molecule has 4 aromatic rings. The first-order valence-electron chi connectivity index (χ1n) is 10.9. The maximum atomic E-state index is 5.96. The number of aromatic amines is 2. The van der Waals surface area contributed by atoms with Crippen LogP contribution in [0.15, 0.2) is 58.8 Å². The lowest BCUT2D eigenvalue weighted by Crippen LogP contribution is -2.27. The second-order valence-electron chi connectivity index (χ2n) is 7.83. The fourth-order valence-electron chi connectivity index (χ4n) is 4.03. The number of hydrogen-bond acceptors (Lipinski definition) is 3. The summed E-state index contributed by atoms with van der Waals surface area (Å²) in [7, 11) is 1.68. The molecule has 7 heteroatoms. The number of fused-ring (bicyclic) bond motifs is 2. The van der Waals surface area contributed by atoms with Crippen molar-refractivity contribution in [3.8, 4) is 5.75 Å². The zero-order valence-corrected chi connectivity index (χ0v) is 18.6. The van der Waals surface area contributed by atoms with Crippen molar-refractivity contribution in [3.63, 3.8) is 0 Å². The summed E-state index contributed by atoms with van der Waals surface area (Å²) in [5.74, 6) is 1.18. The van der Waals surface area contributed by atoms with Gasteiger partial charge in [0.2, 0.25) is 5.96 Å². The van der Waals surface area contributed by atoms with Crippen LogP contribution in [-0.4, -0.2) is 35.8 Å². The third-order valence-electron chi connectivity index (χ3n) is 5.70. The Morgan fingerprint density at radius 3 is 2.88 bits per heavy atom. The van der Waals surface area contributed by atoms with Gasteiger partial charge in [0.05, 0.1) is 7.11 Å². The van der Waals surface area contributed by atoms with Gasteiger partial charge in [-0.15, -0.1) is 0 Å². The minimum absolute atomic E-state index is 0.327. The fourth-order valence-corrected chi connectivity index (χ4v) is 4.03. The van der Waals surface area contributed by atoms with Crippen LogP contribution in [0.25, 0.3) is 21.8 Å². The molecule has 0 aliphatic heterocycles. The Labute approximate surface area is 187 Å². The van der Waals surface area contributed by atoms with Gasteiger partial charge in [-0.05, 0) is 68.0 Å². The topological polar surface area (TPSA) is 104 Å². The molecule has 0 saturated heterocycles. The van der Waals surface area contributed by atoms with Gasteiger partial charge in [0, 0.05) is 46.5 Å². The number of nitrogens with one attached hydrogen (secondary N) is 3. The summed E-state index contributed by atoms with van der Waals surface area (Å²) in [5, 5.41) is 6.65. The van der Waals surface area contributed by atoms with Gasteiger partial charge in [0.1, 0.15) is 5.75 Å². The van der Waals surface area contributed by atoms with Crippen LogP contribution in [0, 0.1) is 6.92 Å². The van der Waals surface area contributed by atoms with E-state index in [9.17, 15) is 0 Å². The van der Waals surface area contributed by atoms with Crippen LogP contribution < -0.4 is 15.9 Å². The lowest BCUT2D eigenvalue weighted by molar-refractivity contribution is 0.415.